The maximum absolute atomic E-state index is 6.61. The van der Waals surface area contributed by atoms with Gasteiger partial charge < -0.3 is 4.74 Å². The smallest absolute Gasteiger partial charge is 0.228 e. The zero-order valence-corrected chi connectivity index (χ0v) is 17.3. The number of aromatic nitrogens is 1. The van der Waals surface area contributed by atoms with E-state index in [1.54, 1.807) is 0 Å². The molecule has 3 heteroatoms. The molecule has 3 heterocycles. The fraction of sp³-hybridized carbons (Fsp3) is 0.292. The fourth-order valence-corrected chi connectivity index (χ4v) is 5.47. The van der Waals surface area contributed by atoms with Gasteiger partial charge in [0.1, 0.15) is 18.5 Å². The number of pyridine rings is 1. The molecule has 0 amide bonds. The molecular weight excluding hydrogens is 350 g/mol. The van der Waals surface area contributed by atoms with Crippen LogP contribution in [0, 0.1) is 19.8 Å². The first-order valence-electron chi connectivity index (χ1n) is 9.59. The third-order valence-corrected chi connectivity index (χ3v) is 6.74. The van der Waals surface area contributed by atoms with Crippen molar-refractivity contribution in [2.75, 3.05) is 0 Å². The van der Waals surface area contributed by atoms with Gasteiger partial charge in [-0.2, -0.15) is 0 Å². The highest BCUT2D eigenvalue weighted by Crippen LogP contribution is 2.51. The second-order valence-electron chi connectivity index (χ2n) is 8.15. The number of ether oxygens (including phenoxy) is 1. The lowest BCUT2D eigenvalue weighted by molar-refractivity contribution is -0.659. The first kappa shape index (κ1) is 16.8. The molecule has 136 valence electrons. The van der Waals surface area contributed by atoms with Gasteiger partial charge in [-0.15, -0.1) is 11.3 Å². The van der Waals surface area contributed by atoms with Crippen LogP contribution in [-0.4, -0.2) is 0 Å². The lowest BCUT2D eigenvalue weighted by Gasteiger charge is -2.24. The van der Waals surface area contributed by atoms with Gasteiger partial charge in [-0.25, -0.2) is 4.57 Å². The molecule has 1 aliphatic rings. The summed E-state index contributed by atoms with van der Waals surface area (Å²) in [6.07, 6.45) is 3.25. The molecule has 0 spiro atoms. The van der Waals surface area contributed by atoms with Crippen molar-refractivity contribution < 1.29 is 9.30 Å². The molecule has 0 saturated carbocycles. The predicted molar refractivity (Wildman–Crippen MR) is 114 cm³/mol. The minimum atomic E-state index is 0.624. The summed E-state index contributed by atoms with van der Waals surface area (Å²) in [5.74, 6) is 2.65. The number of thiophene rings is 1. The standard InChI is InChI=1S/C24H24NOS/c1-13(2)10-16-11-17-6-8-25(5)22-20-15(4)24-18(7-9-27-24)14(3)23(20)26-19(12-16)21(17)22/h6-9,11-13H,10H2,1-5H3/q+1. The van der Waals surface area contributed by atoms with Crippen LogP contribution in [0.1, 0.15) is 30.5 Å². The quantitative estimate of drug-likeness (QED) is 0.323. The van der Waals surface area contributed by atoms with Crippen LogP contribution in [-0.2, 0) is 13.5 Å². The lowest BCUT2D eigenvalue weighted by Crippen LogP contribution is -2.32. The van der Waals surface area contributed by atoms with Gasteiger partial charge >= 0.3 is 0 Å². The Morgan fingerprint density at radius 2 is 1.93 bits per heavy atom. The van der Waals surface area contributed by atoms with Crippen molar-refractivity contribution in [3.05, 3.63) is 52.5 Å². The molecule has 5 rings (SSSR count). The Balaban J connectivity index is 1.91. The van der Waals surface area contributed by atoms with Crippen molar-refractivity contribution in [1.29, 1.82) is 0 Å². The summed E-state index contributed by atoms with van der Waals surface area (Å²) in [5.41, 5.74) is 6.43. The zero-order chi connectivity index (χ0) is 18.9. The van der Waals surface area contributed by atoms with Crippen LogP contribution in [0.3, 0.4) is 0 Å². The largest absolute Gasteiger partial charge is 0.455 e. The molecule has 0 radical (unpaired) electrons. The van der Waals surface area contributed by atoms with Crippen molar-refractivity contribution >= 4 is 32.2 Å². The first-order valence-corrected chi connectivity index (χ1v) is 10.5. The zero-order valence-electron chi connectivity index (χ0n) is 16.5. The normalized spacial score (nSPS) is 12.7. The summed E-state index contributed by atoms with van der Waals surface area (Å²) in [5, 5.41) is 6.00. The molecule has 1 aliphatic heterocycles. The van der Waals surface area contributed by atoms with Crippen molar-refractivity contribution in [3.8, 4) is 22.8 Å². The van der Waals surface area contributed by atoms with E-state index in [0.717, 1.165) is 17.9 Å². The number of hydrogen-bond donors (Lipinski definition) is 0. The Kier molecular flexibility index (Phi) is 3.60. The number of nitrogens with zero attached hydrogens (tertiary/aromatic N) is 1. The van der Waals surface area contributed by atoms with Gasteiger partial charge in [-0.3, -0.25) is 0 Å². The maximum atomic E-state index is 6.61. The molecule has 0 fully saturated rings. The van der Waals surface area contributed by atoms with Crippen molar-refractivity contribution in [2.24, 2.45) is 13.0 Å². The first-order chi connectivity index (χ1) is 13.0. The van der Waals surface area contributed by atoms with E-state index < -0.39 is 0 Å². The fourth-order valence-electron chi connectivity index (χ4n) is 4.51. The Hall–Kier alpha value is -2.39. The highest BCUT2D eigenvalue weighted by molar-refractivity contribution is 7.17. The second kappa shape index (κ2) is 5.80. The Labute approximate surface area is 164 Å². The van der Waals surface area contributed by atoms with Crippen LogP contribution in [0.15, 0.2) is 35.8 Å². The SMILES string of the molecule is Cc1c2c(c(C)c3sccc13)-c1c3c(cc(CC(C)C)cc3cc[n+]1C)O2. The Morgan fingerprint density at radius 1 is 1.11 bits per heavy atom. The van der Waals surface area contributed by atoms with Gasteiger partial charge in [0.15, 0.2) is 6.20 Å². The average Bonchev–Trinajstić information content (AvgIpc) is 3.11. The van der Waals surface area contributed by atoms with E-state index in [4.69, 9.17) is 4.74 Å². The summed E-state index contributed by atoms with van der Waals surface area (Å²) in [6.45, 7) is 8.96. The number of rotatable bonds is 2. The molecule has 0 atom stereocenters. The van der Waals surface area contributed by atoms with Gasteiger partial charge in [0.05, 0.1) is 10.9 Å². The van der Waals surface area contributed by atoms with Crippen LogP contribution >= 0.6 is 11.3 Å². The predicted octanol–water partition coefficient (Wildman–Crippen LogP) is 6.47. The summed E-state index contributed by atoms with van der Waals surface area (Å²) in [6, 6.07) is 9.02. The van der Waals surface area contributed by atoms with Gasteiger partial charge in [0.2, 0.25) is 5.69 Å². The van der Waals surface area contributed by atoms with E-state index in [-0.39, 0.29) is 0 Å². The van der Waals surface area contributed by atoms with Crippen LogP contribution in [0.4, 0.5) is 0 Å². The topological polar surface area (TPSA) is 13.1 Å². The molecule has 0 N–H and O–H groups in total. The van der Waals surface area contributed by atoms with Gasteiger partial charge in [0, 0.05) is 16.3 Å². The Morgan fingerprint density at radius 3 is 2.70 bits per heavy atom. The molecule has 27 heavy (non-hydrogen) atoms. The average molecular weight is 375 g/mol. The minimum Gasteiger partial charge on any atom is -0.455 e. The molecule has 0 aliphatic carbocycles. The van der Waals surface area contributed by atoms with Crippen molar-refractivity contribution in [3.63, 3.8) is 0 Å². The van der Waals surface area contributed by atoms with Crippen LogP contribution in [0.5, 0.6) is 11.5 Å². The summed E-state index contributed by atoms with van der Waals surface area (Å²) in [7, 11) is 2.14. The molecule has 2 nitrogen and oxygen atoms in total. The monoisotopic (exact) mass is 374 g/mol. The van der Waals surface area contributed by atoms with Crippen LogP contribution in [0.25, 0.3) is 32.1 Å². The highest BCUT2D eigenvalue weighted by atomic mass is 32.1. The van der Waals surface area contributed by atoms with E-state index in [0.29, 0.717) is 5.92 Å². The molecular formula is C24H24NOS+. The maximum Gasteiger partial charge on any atom is 0.228 e. The molecule has 4 aromatic rings. The summed E-state index contributed by atoms with van der Waals surface area (Å²) < 4.78 is 10.2. The van der Waals surface area contributed by atoms with E-state index in [9.17, 15) is 0 Å². The van der Waals surface area contributed by atoms with E-state index in [1.165, 1.54) is 48.8 Å². The molecule has 0 bridgehead atoms. The van der Waals surface area contributed by atoms with E-state index in [2.05, 4.69) is 75.2 Å². The number of hydrogen-bond acceptors (Lipinski definition) is 2. The Bertz CT molecular complexity index is 1230. The van der Waals surface area contributed by atoms with E-state index in [1.807, 2.05) is 11.3 Å². The number of fused-ring (bicyclic) bond motifs is 3. The van der Waals surface area contributed by atoms with E-state index >= 15 is 0 Å². The molecule has 0 saturated heterocycles. The third kappa shape index (κ3) is 2.34. The minimum absolute atomic E-state index is 0.624. The van der Waals surface area contributed by atoms with Gasteiger partial charge in [-0.1, -0.05) is 19.9 Å². The van der Waals surface area contributed by atoms with Gasteiger partial charge in [0.25, 0.3) is 0 Å². The molecule has 2 aromatic carbocycles. The van der Waals surface area contributed by atoms with Crippen molar-refractivity contribution in [1.82, 2.24) is 0 Å². The molecule has 2 aromatic heterocycles. The van der Waals surface area contributed by atoms with Crippen LogP contribution in [0.2, 0.25) is 0 Å². The lowest BCUT2D eigenvalue weighted by atomic mass is 9.91. The summed E-state index contributed by atoms with van der Waals surface area (Å²) in [4.78, 5) is 0. The third-order valence-electron chi connectivity index (χ3n) is 5.70. The summed E-state index contributed by atoms with van der Waals surface area (Å²) >= 11 is 1.82. The number of aryl methyl sites for hydroxylation is 3. The number of benzene rings is 2. The molecule has 0 unspecified atom stereocenters. The second-order valence-corrected chi connectivity index (χ2v) is 9.07. The van der Waals surface area contributed by atoms with Crippen LogP contribution < -0.4 is 9.30 Å². The van der Waals surface area contributed by atoms with Gasteiger partial charge in [-0.05, 0) is 65.6 Å². The van der Waals surface area contributed by atoms with Crippen molar-refractivity contribution in [2.45, 2.75) is 34.1 Å². The highest BCUT2D eigenvalue weighted by Gasteiger charge is 2.32.